The third kappa shape index (κ3) is 4.57. The van der Waals surface area contributed by atoms with Crippen molar-refractivity contribution in [1.82, 2.24) is 14.1 Å². The molecule has 2 aliphatic rings. The van der Waals surface area contributed by atoms with Gasteiger partial charge in [0.15, 0.2) is 0 Å². The topological polar surface area (TPSA) is 70.2 Å². The quantitative estimate of drug-likeness (QED) is 0.702. The van der Waals surface area contributed by atoms with Crippen molar-refractivity contribution in [3.05, 3.63) is 29.8 Å². The molecule has 0 spiro atoms. The van der Waals surface area contributed by atoms with Crippen LogP contribution in [0.2, 0.25) is 0 Å². The van der Waals surface area contributed by atoms with Gasteiger partial charge in [-0.15, -0.1) is 13.2 Å². The minimum Gasteiger partial charge on any atom is -0.406 e. The Morgan fingerprint density at radius 3 is 2.47 bits per heavy atom. The zero-order valence-electron chi connectivity index (χ0n) is 17.1. The molecule has 0 aliphatic carbocycles. The number of fused-ring (bicyclic) bond motifs is 1. The molecular formula is C19H26F3N3O4S. The molecule has 30 heavy (non-hydrogen) atoms. The van der Waals surface area contributed by atoms with Crippen LogP contribution in [0.5, 0.6) is 5.75 Å². The van der Waals surface area contributed by atoms with E-state index >= 15 is 0 Å². The Labute approximate surface area is 174 Å². The fourth-order valence-electron chi connectivity index (χ4n) is 4.54. The Morgan fingerprint density at radius 1 is 1.27 bits per heavy atom. The Kier molecular flexibility index (Phi) is 6.09. The number of carbonyl (C=O) groups excluding carboxylic acids is 1. The van der Waals surface area contributed by atoms with Crippen LogP contribution in [0.1, 0.15) is 18.4 Å². The Hall–Kier alpha value is -1.85. The Morgan fingerprint density at radius 2 is 1.90 bits per heavy atom. The molecule has 2 saturated heterocycles. The molecule has 0 aromatic heterocycles. The number of likely N-dealkylation sites (tertiary alicyclic amines) is 1. The minimum atomic E-state index is -4.74. The maximum absolute atomic E-state index is 13.1. The standard InChI is InChI=1S/C19H26F3N3O4S/c1-23(2)17(26)18-9-11-30(27,28)24(3)16(18)8-10-25(13-18)12-14-4-6-15(7-5-14)29-19(20,21)22/h4-7,16H,8-13H2,1-3H3/t16-,18+/m1/s1. The van der Waals surface area contributed by atoms with Gasteiger partial charge in [-0.3, -0.25) is 9.69 Å². The lowest BCUT2D eigenvalue weighted by Gasteiger charge is -2.53. The smallest absolute Gasteiger partial charge is 0.406 e. The van der Waals surface area contributed by atoms with Crippen LogP contribution in [-0.4, -0.2) is 80.8 Å². The van der Waals surface area contributed by atoms with E-state index in [-0.39, 0.29) is 23.8 Å². The van der Waals surface area contributed by atoms with Crippen LogP contribution in [0.25, 0.3) is 0 Å². The van der Waals surface area contributed by atoms with Crippen LogP contribution in [0.4, 0.5) is 13.2 Å². The van der Waals surface area contributed by atoms with Crippen LogP contribution in [0.3, 0.4) is 0 Å². The average molecular weight is 449 g/mol. The van der Waals surface area contributed by atoms with E-state index in [0.717, 1.165) is 5.56 Å². The van der Waals surface area contributed by atoms with Gasteiger partial charge in [-0.05, 0) is 30.5 Å². The minimum absolute atomic E-state index is 0.0864. The lowest BCUT2D eigenvalue weighted by atomic mass is 9.72. The first-order valence-corrected chi connectivity index (χ1v) is 11.2. The normalized spacial score (nSPS) is 27.3. The number of alkyl halides is 3. The van der Waals surface area contributed by atoms with Gasteiger partial charge in [0.2, 0.25) is 15.9 Å². The van der Waals surface area contributed by atoms with Gasteiger partial charge in [0.25, 0.3) is 0 Å². The number of hydrogen-bond donors (Lipinski definition) is 0. The molecule has 3 rings (SSSR count). The van der Waals surface area contributed by atoms with Gasteiger partial charge >= 0.3 is 6.36 Å². The molecule has 1 amide bonds. The van der Waals surface area contributed by atoms with E-state index in [2.05, 4.69) is 9.64 Å². The van der Waals surface area contributed by atoms with Crippen molar-refractivity contribution in [2.75, 3.05) is 40.0 Å². The van der Waals surface area contributed by atoms with Crippen molar-refractivity contribution in [3.8, 4) is 5.75 Å². The SMILES string of the molecule is CN(C)C(=O)[C@]12CCS(=O)(=O)N(C)[C@@H]1CCN(Cc1ccc(OC(F)(F)F)cc1)C2. The van der Waals surface area contributed by atoms with E-state index in [4.69, 9.17) is 0 Å². The van der Waals surface area contributed by atoms with Gasteiger partial charge in [-0.2, -0.15) is 0 Å². The summed E-state index contributed by atoms with van der Waals surface area (Å²) in [5, 5.41) is 0. The Bertz CT molecular complexity index is 889. The average Bonchev–Trinajstić information content (AvgIpc) is 2.65. The summed E-state index contributed by atoms with van der Waals surface area (Å²) in [5.41, 5.74) is -0.0616. The molecule has 0 unspecified atom stereocenters. The van der Waals surface area contributed by atoms with E-state index in [1.165, 1.54) is 28.4 Å². The molecule has 0 N–H and O–H groups in total. The molecule has 11 heteroatoms. The second kappa shape index (κ2) is 8.01. The molecule has 1 aromatic rings. The highest BCUT2D eigenvalue weighted by atomic mass is 32.2. The van der Waals surface area contributed by atoms with E-state index in [1.807, 2.05) is 0 Å². The van der Waals surface area contributed by atoms with Crippen LogP contribution in [0.15, 0.2) is 24.3 Å². The molecule has 2 heterocycles. The maximum Gasteiger partial charge on any atom is 0.573 e. The first-order chi connectivity index (χ1) is 13.8. The predicted molar refractivity (Wildman–Crippen MR) is 104 cm³/mol. The van der Waals surface area contributed by atoms with Crippen LogP contribution < -0.4 is 4.74 Å². The van der Waals surface area contributed by atoms with Crippen molar-refractivity contribution in [2.24, 2.45) is 5.41 Å². The van der Waals surface area contributed by atoms with Crippen molar-refractivity contribution >= 4 is 15.9 Å². The summed E-state index contributed by atoms with van der Waals surface area (Å²) in [6.07, 6.45) is -3.99. The molecule has 0 radical (unpaired) electrons. The highest BCUT2D eigenvalue weighted by Gasteiger charge is 2.56. The van der Waals surface area contributed by atoms with E-state index < -0.39 is 27.8 Å². The highest BCUT2D eigenvalue weighted by Crippen LogP contribution is 2.43. The first-order valence-electron chi connectivity index (χ1n) is 9.58. The third-order valence-corrected chi connectivity index (χ3v) is 7.79. The van der Waals surface area contributed by atoms with Crippen molar-refractivity contribution in [2.45, 2.75) is 31.8 Å². The number of nitrogens with zero attached hydrogens (tertiary/aromatic N) is 3. The van der Waals surface area contributed by atoms with Crippen LogP contribution >= 0.6 is 0 Å². The molecule has 2 fully saturated rings. The zero-order chi connectivity index (χ0) is 22.3. The number of halogens is 3. The fourth-order valence-corrected chi connectivity index (χ4v) is 6.15. The zero-order valence-corrected chi connectivity index (χ0v) is 18.0. The van der Waals surface area contributed by atoms with Gasteiger partial charge in [0.1, 0.15) is 5.75 Å². The van der Waals surface area contributed by atoms with E-state index in [0.29, 0.717) is 26.1 Å². The van der Waals surface area contributed by atoms with Gasteiger partial charge in [-0.25, -0.2) is 12.7 Å². The molecule has 1 aromatic carbocycles. The van der Waals surface area contributed by atoms with Gasteiger partial charge in [0.05, 0.1) is 11.2 Å². The lowest BCUT2D eigenvalue weighted by Crippen LogP contribution is -2.66. The summed E-state index contributed by atoms with van der Waals surface area (Å²) in [6.45, 7) is 1.40. The molecule has 2 aliphatic heterocycles. The number of sulfonamides is 1. The van der Waals surface area contributed by atoms with Crippen molar-refractivity contribution in [3.63, 3.8) is 0 Å². The molecule has 7 nitrogen and oxygen atoms in total. The van der Waals surface area contributed by atoms with Gasteiger partial charge < -0.3 is 9.64 Å². The second-order valence-electron chi connectivity index (χ2n) is 8.14. The lowest BCUT2D eigenvalue weighted by molar-refractivity contribution is -0.274. The van der Waals surface area contributed by atoms with Gasteiger partial charge in [0, 0.05) is 46.8 Å². The summed E-state index contributed by atoms with van der Waals surface area (Å²) in [7, 11) is 1.47. The van der Waals surface area contributed by atoms with E-state index in [1.54, 1.807) is 26.2 Å². The number of amides is 1. The van der Waals surface area contributed by atoms with Gasteiger partial charge in [-0.1, -0.05) is 12.1 Å². The third-order valence-electron chi connectivity index (χ3n) is 5.94. The second-order valence-corrected chi connectivity index (χ2v) is 10.3. The molecule has 0 saturated carbocycles. The summed E-state index contributed by atoms with van der Waals surface area (Å²) >= 11 is 0. The number of carbonyl (C=O) groups is 1. The number of hydrogen-bond acceptors (Lipinski definition) is 5. The summed E-state index contributed by atoms with van der Waals surface area (Å²) in [5.74, 6) is -0.479. The monoisotopic (exact) mass is 449 g/mol. The molecule has 168 valence electrons. The van der Waals surface area contributed by atoms with Crippen LogP contribution in [-0.2, 0) is 21.4 Å². The van der Waals surface area contributed by atoms with Crippen LogP contribution in [0, 0.1) is 5.41 Å². The number of piperidine rings is 1. The summed E-state index contributed by atoms with van der Waals surface area (Å²) in [4.78, 5) is 16.7. The molecule has 2 atom stereocenters. The summed E-state index contributed by atoms with van der Waals surface area (Å²) < 4.78 is 67.0. The predicted octanol–water partition coefficient (Wildman–Crippen LogP) is 1.90. The highest BCUT2D eigenvalue weighted by molar-refractivity contribution is 7.89. The molecule has 0 bridgehead atoms. The molecular weight excluding hydrogens is 423 g/mol. The number of benzene rings is 1. The Balaban J connectivity index is 1.79. The number of ether oxygens (including phenoxy) is 1. The fraction of sp³-hybridized carbons (Fsp3) is 0.632. The maximum atomic E-state index is 13.1. The first kappa shape index (κ1) is 22.8. The number of rotatable bonds is 4. The largest absolute Gasteiger partial charge is 0.573 e. The van der Waals surface area contributed by atoms with Crippen molar-refractivity contribution in [1.29, 1.82) is 0 Å². The summed E-state index contributed by atoms with van der Waals surface area (Å²) in [6, 6.07) is 5.23. The van der Waals surface area contributed by atoms with Crippen molar-refractivity contribution < 1.29 is 31.1 Å². The van der Waals surface area contributed by atoms with E-state index in [9.17, 15) is 26.4 Å².